The predicted octanol–water partition coefficient (Wildman–Crippen LogP) is 6.84. The van der Waals surface area contributed by atoms with Crippen molar-refractivity contribution in [2.75, 3.05) is 11.4 Å². The van der Waals surface area contributed by atoms with E-state index in [0.717, 1.165) is 40.9 Å². The molecule has 0 amide bonds. The number of ether oxygens (including phenoxy) is 1. The van der Waals surface area contributed by atoms with Crippen LogP contribution >= 0.6 is 0 Å². The number of pyridine rings is 1. The van der Waals surface area contributed by atoms with Crippen LogP contribution in [-0.4, -0.2) is 21.0 Å². The fraction of sp³-hybridized carbons (Fsp3) is 0.133. The van der Waals surface area contributed by atoms with Crippen molar-refractivity contribution < 1.29 is 25.8 Å². The molecule has 0 N–H and O–H groups in total. The van der Waals surface area contributed by atoms with Crippen molar-refractivity contribution in [2.45, 2.75) is 19.3 Å². The zero-order valence-corrected chi connectivity index (χ0v) is 21.8. The van der Waals surface area contributed by atoms with E-state index in [4.69, 9.17) is 4.74 Å². The van der Waals surface area contributed by atoms with Crippen molar-refractivity contribution in [1.29, 1.82) is 0 Å². The molecule has 3 aromatic carbocycles. The molecule has 0 atom stereocenters. The molecule has 5 nitrogen and oxygen atoms in total. The number of nitrogens with zero attached hydrogens (tertiary/aromatic N) is 4. The molecule has 0 spiro atoms. The summed E-state index contributed by atoms with van der Waals surface area (Å²) in [4.78, 5) is 9.07. The van der Waals surface area contributed by atoms with Crippen molar-refractivity contribution in [2.24, 2.45) is 0 Å². The van der Waals surface area contributed by atoms with Gasteiger partial charge >= 0.3 is 0 Å². The van der Waals surface area contributed by atoms with Gasteiger partial charge in [0.15, 0.2) is 0 Å². The van der Waals surface area contributed by atoms with Gasteiger partial charge in [-0.05, 0) is 61.3 Å². The molecular formula is C30H23N4OPt-3. The van der Waals surface area contributed by atoms with Crippen LogP contribution < -0.4 is 9.64 Å². The summed E-state index contributed by atoms with van der Waals surface area (Å²) < 4.78 is 8.41. The van der Waals surface area contributed by atoms with E-state index >= 15 is 0 Å². The number of allylic oxidation sites excluding steroid dienone is 1. The van der Waals surface area contributed by atoms with Gasteiger partial charge in [-0.25, -0.2) is 4.98 Å². The van der Waals surface area contributed by atoms with Crippen LogP contribution in [0.5, 0.6) is 11.5 Å². The number of para-hydroxylation sites is 1. The predicted molar refractivity (Wildman–Crippen MR) is 138 cm³/mol. The van der Waals surface area contributed by atoms with Crippen LogP contribution in [-0.2, 0) is 21.1 Å². The summed E-state index contributed by atoms with van der Waals surface area (Å²) in [6.45, 7) is 3.24. The first kappa shape index (κ1) is 22.9. The summed E-state index contributed by atoms with van der Waals surface area (Å²) in [6.07, 6.45) is 7.64. The zero-order chi connectivity index (χ0) is 23.2. The molecule has 0 unspecified atom stereocenters. The zero-order valence-electron chi connectivity index (χ0n) is 19.5. The maximum atomic E-state index is 6.27. The van der Waals surface area contributed by atoms with E-state index < -0.39 is 0 Å². The van der Waals surface area contributed by atoms with Crippen LogP contribution in [0.25, 0.3) is 27.6 Å². The molecule has 36 heavy (non-hydrogen) atoms. The van der Waals surface area contributed by atoms with Crippen LogP contribution in [0.3, 0.4) is 0 Å². The Morgan fingerprint density at radius 3 is 2.61 bits per heavy atom. The minimum Gasteiger partial charge on any atom is -0.509 e. The Balaban J connectivity index is 0.00000240. The van der Waals surface area contributed by atoms with Crippen LogP contribution in [0.15, 0.2) is 90.9 Å². The molecule has 2 aromatic heterocycles. The summed E-state index contributed by atoms with van der Waals surface area (Å²) in [6, 6.07) is 31.3. The van der Waals surface area contributed by atoms with E-state index in [1.165, 1.54) is 23.9 Å². The second-order valence-electron chi connectivity index (χ2n) is 8.92. The Morgan fingerprint density at radius 1 is 0.833 bits per heavy atom. The number of piperidine rings is 1. The second kappa shape index (κ2) is 9.48. The van der Waals surface area contributed by atoms with Gasteiger partial charge in [-0.1, -0.05) is 29.8 Å². The molecule has 182 valence electrons. The third-order valence-electron chi connectivity index (χ3n) is 6.69. The number of hydrogen-bond donors (Lipinski definition) is 0. The molecular weight excluding hydrogens is 627 g/mol. The van der Waals surface area contributed by atoms with Gasteiger partial charge in [0.2, 0.25) is 0 Å². The van der Waals surface area contributed by atoms with Crippen molar-refractivity contribution in [3.63, 3.8) is 0 Å². The molecule has 2 aliphatic heterocycles. The molecule has 1 fully saturated rings. The summed E-state index contributed by atoms with van der Waals surface area (Å²) in [5, 5.41) is 2.28. The standard InChI is InChI=1S/C30H23N4O.Pt/c1-2-12-28-26(11-1)27-15-14-25(19-29(27)34(28)30-13-3-5-16-31-30)35-24-10-7-9-22(18-24)33-20-23-8-4-6-17-32(23)21-33;/h1-3,5,7,9-16,20-21H,4,6,8,17H2;/q-3;. The normalized spacial score (nSPS) is 15.1. The minimum absolute atomic E-state index is 0. The second-order valence-corrected chi connectivity index (χ2v) is 8.92. The van der Waals surface area contributed by atoms with E-state index in [1.807, 2.05) is 42.6 Å². The summed E-state index contributed by atoms with van der Waals surface area (Å²) in [5.41, 5.74) is 4.37. The number of rotatable bonds is 4. The molecule has 0 aliphatic carbocycles. The largest absolute Gasteiger partial charge is 0.509 e. The van der Waals surface area contributed by atoms with Gasteiger partial charge in [-0.3, -0.25) is 0 Å². The maximum Gasteiger partial charge on any atom is 0.135 e. The maximum absolute atomic E-state index is 6.27. The molecule has 4 heterocycles. The van der Waals surface area contributed by atoms with Gasteiger partial charge in [0.05, 0.1) is 0 Å². The quantitative estimate of drug-likeness (QED) is 0.200. The first-order valence-electron chi connectivity index (χ1n) is 12.0. The van der Waals surface area contributed by atoms with Crippen molar-refractivity contribution in [1.82, 2.24) is 14.5 Å². The average molecular weight is 651 g/mol. The van der Waals surface area contributed by atoms with E-state index in [1.54, 1.807) is 0 Å². The first-order valence-corrected chi connectivity index (χ1v) is 12.0. The average Bonchev–Trinajstić information content (AvgIpc) is 3.49. The van der Waals surface area contributed by atoms with E-state index in [9.17, 15) is 0 Å². The third kappa shape index (κ3) is 3.98. The third-order valence-corrected chi connectivity index (χ3v) is 6.69. The smallest absolute Gasteiger partial charge is 0.135 e. The minimum atomic E-state index is 0. The first-order chi connectivity index (χ1) is 17.3. The molecule has 7 rings (SSSR count). The van der Waals surface area contributed by atoms with Crippen molar-refractivity contribution in [3.8, 4) is 17.3 Å². The molecule has 6 heteroatoms. The van der Waals surface area contributed by atoms with Gasteiger partial charge in [-0.2, -0.15) is 18.8 Å². The number of benzene rings is 3. The van der Waals surface area contributed by atoms with Gasteiger partial charge in [0, 0.05) is 44.3 Å². The molecule has 0 bridgehead atoms. The number of anilines is 1. The molecule has 5 aromatic rings. The monoisotopic (exact) mass is 650 g/mol. The van der Waals surface area contributed by atoms with Crippen LogP contribution in [0.2, 0.25) is 0 Å². The molecule has 0 radical (unpaired) electrons. The molecule has 2 aliphatic rings. The fourth-order valence-electron chi connectivity index (χ4n) is 5.04. The Labute approximate surface area is 224 Å². The van der Waals surface area contributed by atoms with E-state index in [-0.39, 0.29) is 21.1 Å². The number of aromatic nitrogens is 2. The van der Waals surface area contributed by atoms with Crippen LogP contribution in [0.4, 0.5) is 5.69 Å². The van der Waals surface area contributed by atoms with Crippen molar-refractivity contribution >= 4 is 27.5 Å². The fourth-order valence-corrected chi connectivity index (χ4v) is 5.04. The van der Waals surface area contributed by atoms with Crippen LogP contribution in [0, 0.1) is 18.8 Å². The van der Waals surface area contributed by atoms with Crippen molar-refractivity contribution in [3.05, 3.63) is 110 Å². The topological polar surface area (TPSA) is 33.5 Å². The number of fused-ring (bicyclic) bond motifs is 4. The summed E-state index contributed by atoms with van der Waals surface area (Å²) >= 11 is 0. The Morgan fingerprint density at radius 2 is 1.72 bits per heavy atom. The molecule has 0 saturated carbocycles. The van der Waals surface area contributed by atoms with E-state index in [2.05, 4.69) is 80.8 Å². The summed E-state index contributed by atoms with van der Waals surface area (Å²) in [5.74, 6) is 2.16. The van der Waals surface area contributed by atoms with Gasteiger partial charge < -0.3 is 19.1 Å². The van der Waals surface area contributed by atoms with Gasteiger partial charge in [-0.15, -0.1) is 41.4 Å². The Kier molecular flexibility index (Phi) is 6.02. The summed E-state index contributed by atoms with van der Waals surface area (Å²) in [7, 11) is 0. The number of hydrogen-bond acceptors (Lipinski definition) is 4. The Bertz CT molecular complexity index is 1580. The SMILES string of the molecule is [Pt].[c-]1c(Oc2[c-]c3c(cc2)c2ccccc2n3-c2ccccn2)cccc1N1C=C2CCCCN2[CH-]1. The molecule has 1 saturated heterocycles. The van der Waals surface area contributed by atoms with Gasteiger partial charge in [0.25, 0.3) is 0 Å². The van der Waals surface area contributed by atoms with Crippen LogP contribution in [0.1, 0.15) is 19.3 Å². The Hall–Kier alpha value is -3.56. The van der Waals surface area contributed by atoms with E-state index in [0.29, 0.717) is 11.5 Å². The van der Waals surface area contributed by atoms with Gasteiger partial charge in [0.1, 0.15) is 5.82 Å².